The highest BCUT2D eigenvalue weighted by atomic mass is 32.2. The fourth-order valence-electron chi connectivity index (χ4n) is 3.33. The monoisotopic (exact) mass is 436 g/mol. The zero-order valence-electron chi connectivity index (χ0n) is 17.9. The van der Waals surface area contributed by atoms with Crippen LogP contribution >= 0.6 is 11.8 Å². The van der Waals surface area contributed by atoms with E-state index in [-0.39, 0.29) is 11.3 Å². The van der Waals surface area contributed by atoms with Gasteiger partial charge in [-0.15, -0.1) is 11.8 Å². The van der Waals surface area contributed by atoms with Gasteiger partial charge in [-0.1, -0.05) is 50.2 Å². The Morgan fingerprint density at radius 1 is 0.935 bits per heavy atom. The first-order chi connectivity index (χ1) is 14.9. The van der Waals surface area contributed by atoms with Gasteiger partial charge in [-0.2, -0.15) is 0 Å². The summed E-state index contributed by atoms with van der Waals surface area (Å²) in [4.78, 5) is 12.6. The first kappa shape index (κ1) is 22.8. The topological polar surface area (TPSA) is 66.8 Å². The maximum absolute atomic E-state index is 11.3. The molecular formula is C26H28O4S. The Morgan fingerprint density at radius 2 is 1.61 bits per heavy atom. The third kappa shape index (κ3) is 6.05. The number of hydrogen-bond donors (Lipinski definition) is 2. The Kier molecular flexibility index (Phi) is 7.64. The lowest BCUT2D eigenvalue weighted by Gasteiger charge is -2.27. The predicted molar refractivity (Wildman–Crippen MR) is 126 cm³/mol. The summed E-state index contributed by atoms with van der Waals surface area (Å²) in [6.45, 7) is 4.74. The molecule has 0 fully saturated rings. The molecule has 3 aromatic rings. The quantitative estimate of drug-likeness (QED) is 0.286. The summed E-state index contributed by atoms with van der Waals surface area (Å²) in [6, 6.07) is 23.1. The van der Waals surface area contributed by atoms with Gasteiger partial charge in [-0.05, 0) is 66.1 Å². The van der Waals surface area contributed by atoms with E-state index in [2.05, 4.69) is 24.3 Å². The van der Waals surface area contributed by atoms with Crippen LogP contribution in [0.4, 0.5) is 0 Å². The first-order valence-corrected chi connectivity index (χ1v) is 11.3. The molecule has 0 radical (unpaired) electrons. The Balaban J connectivity index is 1.52. The van der Waals surface area contributed by atoms with E-state index >= 15 is 0 Å². The molecule has 0 heterocycles. The van der Waals surface area contributed by atoms with Crippen LogP contribution in [0.15, 0.2) is 77.7 Å². The number of carboxylic acid groups (broad SMARTS) is 1. The molecule has 3 aromatic carbocycles. The van der Waals surface area contributed by atoms with Crippen molar-refractivity contribution in [3.05, 3.63) is 89.5 Å². The lowest BCUT2D eigenvalue weighted by Crippen LogP contribution is -2.19. The standard InChI is InChI=1S/C26H28O4S/c1-26(2,20-12-15-24(27)23(18-20)25(28)29)19-10-13-21(14-11-19)30-16-6-7-17-31-22-8-4-3-5-9-22/h3-5,8-15,18,27H,6-7,16-17H2,1-2H3,(H,28,29). The molecule has 0 aliphatic rings. The molecule has 2 N–H and O–H groups in total. The Hall–Kier alpha value is -2.92. The third-order valence-electron chi connectivity index (χ3n) is 5.34. The molecule has 162 valence electrons. The maximum atomic E-state index is 11.3. The molecule has 0 saturated heterocycles. The molecule has 31 heavy (non-hydrogen) atoms. The van der Waals surface area contributed by atoms with Crippen LogP contribution in [0.5, 0.6) is 11.5 Å². The van der Waals surface area contributed by atoms with Gasteiger partial charge in [0.2, 0.25) is 0 Å². The number of aromatic hydroxyl groups is 1. The van der Waals surface area contributed by atoms with Gasteiger partial charge < -0.3 is 14.9 Å². The minimum absolute atomic E-state index is 0.0871. The van der Waals surface area contributed by atoms with Gasteiger partial charge >= 0.3 is 5.97 Å². The molecule has 0 atom stereocenters. The summed E-state index contributed by atoms with van der Waals surface area (Å²) in [5.74, 6) is 0.539. The van der Waals surface area contributed by atoms with Crippen molar-refractivity contribution in [3.63, 3.8) is 0 Å². The van der Waals surface area contributed by atoms with E-state index in [4.69, 9.17) is 4.74 Å². The number of benzene rings is 3. The van der Waals surface area contributed by atoms with Crippen molar-refractivity contribution in [3.8, 4) is 11.5 Å². The van der Waals surface area contributed by atoms with E-state index in [1.54, 1.807) is 6.07 Å². The van der Waals surface area contributed by atoms with E-state index in [0.29, 0.717) is 6.61 Å². The minimum Gasteiger partial charge on any atom is -0.507 e. The van der Waals surface area contributed by atoms with Crippen LogP contribution in [0.1, 0.15) is 48.2 Å². The summed E-state index contributed by atoms with van der Waals surface area (Å²) < 4.78 is 5.88. The molecule has 0 aromatic heterocycles. The number of phenols is 1. The summed E-state index contributed by atoms with van der Waals surface area (Å²) >= 11 is 1.86. The van der Waals surface area contributed by atoms with Crippen molar-refractivity contribution < 1.29 is 19.7 Å². The van der Waals surface area contributed by atoms with Crippen molar-refractivity contribution in [1.29, 1.82) is 0 Å². The number of unbranched alkanes of at least 4 members (excludes halogenated alkanes) is 1. The summed E-state index contributed by atoms with van der Waals surface area (Å²) in [5.41, 5.74) is 1.37. The van der Waals surface area contributed by atoms with Crippen molar-refractivity contribution in [2.75, 3.05) is 12.4 Å². The molecule has 0 unspecified atom stereocenters. The van der Waals surface area contributed by atoms with E-state index in [1.165, 1.54) is 17.0 Å². The number of carbonyl (C=O) groups is 1. The van der Waals surface area contributed by atoms with E-state index < -0.39 is 11.4 Å². The number of hydrogen-bond acceptors (Lipinski definition) is 4. The molecular weight excluding hydrogens is 408 g/mol. The number of rotatable bonds is 10. The summed E-state index contributed by atoms with van der Waals surface area (Å²) in [6.07, 6.45) is 2.09. The Morgan fingerprint density at radius 3 is 2.29 bits per heavy atom. The largest absolute Gasteiger partial charge is 0.507 e. The van der Waals surface area contributed by atoms with Gasteiger partial charge in [0, 0.05) is 10.3 Å². The zero-order valence-corrected chi connectivity index (χ0v) is 18.7. The molecule has 0 aliphatic carbocycles. The Bertz CT molecular complexity index is 998. The number of aromatic carboxylic acids is 1. The lowest BCUT2D eigenvalue weighted by atomic mass is 9.77. The van der Waals surface area contributed by atoms with Crippen molar-refractivity contribution in [2.45, 2.75) is 37.0 Å². The van der Waals surface area contributed by atoms with E-state index in [9.17, 15) is 15.0 Å². The third-order valence-corrected chi connectivity index (χ3v) is 6.44. The van der Waals surface area contributed by atoms with Gasteiger partial charge in [0.25, 0.3) is 0 Å². The highest BCUT2D eigenvalue weighted by Crippen LogP contribution is 2.34. The average molecular weight is 437 g/mol. The van der Waals surface area contributed by atoms with E-state index in [0.717, 1.165) is 35.5 Å². The summed E-state index contributed by atoms with van der Waals surface area (Å²) in [5, 5.41) is 19.1. The normalized spacial score (nSPS) is 11.3. The molecule has 0 saturated carbocycles. The highest BCUT2D eigenvalue weighted by Gasteiger charge is 2.25. The summed E-state index contributed by atoms with van der Waals surface area (Å²) in [7, 11) is 0. The van der Waals surface area contributed by atoms with Gasteiger partial charge in [0.05, 0.1) is 6.61 Å². The van der Waals surface area contributed by atoms with Crippen LogP contribution in [-0.4, -0.2) is 28.5 Å². The van der Waals surface area contributed by atoms with E-state index in [1.807, 2.05) is 55.9 Å². The highest BCUT2D eigenvalue weighted by molar-refractivity contribution is 7.99. The number of ether oxygens (including phenoxy) is 1. The van der Waals surface area contributed by atoms with Gasteiger partial charge in [0.1, 0.15) is 17.1 Å². The van der Waals surface area contributed by atoms with Crippen LogP contribution in [0, 0.1) is 0 Å². The van der Waals surface area contributed by atoms with Crippen molar-refractivity contribution in [2.24, 2.45) is 0 Å². The molecule has 5 heteroatoms. The lowest BCUT2D eigenvalue weighted by molar-refractivity contribution is 0.0693. The smallest absolute Gasteiger partial charge is 0.339 e. The molecule has 4 nitrogen and oxygen atoms in total. The van der Waals surface area contributed by atoms with Crippen LogP contribution in [0.2, 0.25) is 0 Å². The van der Waals surface area contributed by atoms with Gasteiger partial charge in [-0.3, -0.25) is 0 Å². The molecule has 0 bridgehead atoms. The fraction of sp³-hybridized carbons (Fsp3) is 0.269. The van der Waals surface area contributed by atoms with Crippen LogP contribution in [0.3, 0.4) is 0 Å². The maximum Gasteiger partial charge on any atom is 0.339 e. The molecule has 3 rings (SSSR count). The second-order valence-corrected chi connectivity index (χ2v) is 9.07. The van der Waals surface area contributed by atoms with Crippen LogP contribution in [0.25, 0.3) is 0 Å². The number of carboxylic acids is 1. The molecule has 0 aliphatic heterocycles. The van der Waals surface area contributed by atoms with Gasteiger partial charge in [-0.25, -0.2) is 4.79 Å². The van der Waals surface area contributed by atoms with Crippen molar-refractivity contribution in [1.82, 2.24) is 0 Å². The SMILES string of the molecule is CC(C)(c1ccc(OCCCCSc2ccccc2)cc1)c1ccc(O)c(C(=O)O)c1. The second-order valence-electron chi connectivity index (χ2n) is 7.90. The first-order valence-electron chi connectivity index (χ1n) is 10.4. The zero-order chi connectivity index (χ0) is 22.3. The number of thioether (sulfide) groups is 1. The second kappa shape index (κ2) is 10.4. The predicted octanol–water partition coefficient (Wildman–Crippen LogP) is 6.37. The minimum atomic E-state index is -1.14. The van der Waals surface area contributed by atoms with Crippen LogP contribution < -0.4 is 4.74 Å². The van der Waals surface area contributed by atoms with Crippen LogP contribution in [-0.2, 0) is 5.41 Å². The molecule has 0 amide bonds. The molecule has 0 spiro atoms. The van der Waals surface area contributed by atoms with Crippen molar-refractivity contribution >= 4 is 17.7 Å². The fourth-order valence-corrected chi connectivity index (χ4v) is 4.27. The Labute approximate surface area is 187 Å². The average Bonchev–Trinajstić information content (AvgIpc) is 2.77. The van der Waals surface area contributed by atoms with Gasteiger partial charge in [0.15, 0.2) is 0 Å².